The van der Waals surface area contributed by atoms with Crippen molar-refractivity contribution >= 4 is 11.3 Å². The normalized spacial score (nSPS) is 13.1. The van der Waals surface area contributed by atoms with Gasteiger partial charge in [0.1, 0.15) is 0 Å². The van der Waals surface area contributed by atoms with E-state index in [9.17, 15) is 0 Å². The summed E-state index contributed by atoms with van der Waals surface area (Å²) in [6, 6.07) is 4.90. The molecule has 1 aromatic rings. The Labute approximate surface area is 135 Å². The maximum atomic E-state index is 6.33. The molecule has 1 rings (SSSR count). The molecule has 122 valence electrons. The molecule has 0 aromatic carbocycles. The summed E-state index contributed by atoms with van der Waals surface area (Å²) in [5.74, 6) is 1.33. The first-order valence-corrected chi connectivity index (χ1v) is 9.18. The predicted octanol–water partition coefficient (Wildman–Crippen LogP) is 4.75. The summed E-state index contributed by atoms with van der Waals surface area (Å²) < 4.78 is 0. The Bertz CT molecular complexity index is 372. The summed E-state index contributed by atoms with van der Waals surface area (Å²) >= 11 is 1.85. The molecule has 3 heteroatoms. The molecule has 21 heavy (non-hydrogen) atoms. The molecule has 0 radical (unpaired) electrons. The fourth-order valence-corrected chi connectivity index (χ4v) is 4.29. The average Bonchev–Trinajstić information content (AvgIpc) is 2.86. The van der Waals surface area contributed by atoms with E-state index in [-0.39, 0.29) is 5.54 Å². The van der Waals surface area contributed by atoms with Gasteiger partial charge in [-0.05, 0) is 50.0 Å². The standard InChI is InChI=1S/C18H34N2S/c1-14(2)10-18(13-19,11-15(3)4)20(16(5)6)12-17-8-7-9-21-17/h7-9,14-16H,10-13,19H2,1-6H3. The van der Waals surface area contributed by atoms with Gasteiger partial charge >= 0.3 is 0 Å². The Hall–Kier alpha value is -0.380. The van der Waals surface area contributed by atoms with Crippen LogP contribution in [0.2, 0.25) is 0 Å². The number of nitrogens with zero attached hydrogens (tertiary/aromatic N) is 1. The highest BCUT2D eigenvalue weighted by Gasteiger charge is 2.38. The zero-order chi connectivity index (χ0) is 16.0. The average molecular weight is 311 g/mol. The van der Waals surface area contributed by atoms with Crippen LogP contribution in [-0.2, 0) is 6.54 Å². The molecule has 0 saturated carbocycles. The van der Waals surface area contributed by atoms with Crippen LogP contribution in [0.3, 0.4) is 0 Å². The highest BCUT2D eigenvalue weighted by molar-refractivity contribution is 7.09. The van der Waals surface area contributed by atoms with E-state index in [2.05, 4.69) is 64.0 Å². The van der Waals surface area contributed by atoms with Gasteiger partial charge in [0.15, 0.2) is 0 Å². The molecule has 1 aromatic heterocycles. The molecule has 0 aliphatic carbocycles. The molecular formula is C18H34N2S. The van der Waals surface area contributed by atoms with Gasteiger partial charge in [-0.1, -0.05) is 33.8 Å². The van der Waals surface area contributed by atoms with E-state index in [4.69, 9.17) is 5.73 Å². The predicted molar refractivity (Wildman–Crippen MR) is 95.7 cm³/mol. The van der Waals surface area contributed by atoms with E-state index in [0.29, 0.717) is 17.9 Å². The van der Waals surface area contributed by atoms with Crippen LogP contribution in [0.1, 0.15) is 59.3 Å². The lowest BCUT2D eigenvalue weighted by molar-refractivity contribution is 0.0201. The van der Waals surface area contributed by atoms with Crippen molar-refractivity contribution in [2.75, 3.05) is 6.54 Å². The number of rotatable bonds is 9. The monoisotopic (exact) mass is 310 g/mol. The van der Waals surface area contributed by atoms with Gasteiger partial charge < -0.3 is 5.73 Å². The summed E-state index contributed by atoms with van der Waals surface area (Å²) in [6.45, 7) is 15.6. The summed E-state index contributed by atoms with van der Waals surface area (Å²) in [5, 5.41) is 2.17. The smallest absolute Gasteiger partial charge is 0.0343 e. The first-order chi connectivity index (χ1) is 9.80. The topological polar surface area (TPSA) is 29.3 Å². The van der Waals surface area contributed by atoms with Gasteiger partial charge in [-0.2, -0.15) is 0 Å². The van der Waals surface area contributed by atoms with Gasteiger partial charge in [0.05, 0.1) is 0 Å². The van der Waals surface area contributed by atoms with Crippen molar-refractivity contribution < 1.29 is 0 Å². The van der Waals surface area contributed by atoms with Crippen molar-refractivity contribution in [2.45, 2.75) is 72.5 Å². The number of hydrogen-bond donors (Lipinski definition) is 1. The molecule has 0 aliphatic rings. The molecule has 0 saturated heterocycles. The highest BCUT2D eigenvalue weighted by Crippen LogP contribution is 2.34. The van der Waals surface area contributed by atoms with Crippen LogP contribution in [0.4, 0.5) is 0 Å². The van der Waals surface area contributed by atoms with Crippen LogP contribution in [-0.4, -0.2) is 23.0 Å². The number of hydrogen-bond acceptors (Lipinski definition) is 3. The number of nitrogens with two attached hydrogens (primary N) is 1. The largest absolute Gasteiger partial charge is 0.329 e. The van der Waals surface area contributed by atoms with Gasteiger partial charge in [0, 0.05) is 29.5 Å². The Morgan fingerprint density at radius 1 is 1.10 bits per heavy atom. The molecule has 0 spiro atoms. The molecule has 0 aliphatic heterocycles. The number of thiophene rings is 1. The summed E-state index contributed by atoms with van der Waals surface area (Å²) in [4.78, 5) is 4.09. The fraction of sp³-hybridized carbons (Fsp3) is 0.778. The third kappa shape index (κ3) is 5.39. The van der Waals surface area contributed by atoms with Crippen LogP contribution in [0.5, 0.6) is 0 Å². The van der Waals surface area contributed by atoms with E-state index in [0.717, 1.165) is 13.1 Å². The van der Waals surface area contributed by atoms with E-state index >= 15 is 0 Å². The zero-order valence-corrected chi connectivity index (χ0v) is 15.5. The van der Waals surface area contributed by atoms with Gasteiger partial charge in [0.25, 0.3) is 0 Å². The molecule has 0 bridgehead atoms. The van der Waals surface area contributed by atoms with Crippen LogP contribution >= 0.6 is 11.3 Å². The van der Waals surface area contributed by atoms with Crippen LogP contribution < -0.4 is 5.73 Å². The van der Waals surface area contributed by atoms with Crippen LogP contribution in [0.25, 0.3) is 0 Å². The van der Waals surface area contributed by atoms with E-state index in [1.54, 1.807) is 0 Å². The molecule has 2 N–H and O–H groups in total. The summed E-state index contributed by atoms with van der Waals surface area (Å²) in [6.07, 6.45) is 2.34. The van der Waals surface area contributed by atoms with E-state index in [1.807, 2.05) is 11.3 Å². The maximum absolute atomic E-state index is 6.33. The second kappa shape index (κ2) is 8.30. The van der Waals surface area contributed by atoms with Crippen molar-refractivity contribution in [1.82, 2.24) is 4.90 Å². The van der Waals surface area contributed by atoms with Crippen molar-refractivity contribution in [3.63, 3.8) is 0 Å². The first-order valence-electron chi connectivity index (χ1n) is 8.30. The third-order valence-electron chi connectivity index (χ3n) is 4.10. The van der Waals surface area contributed by atoms with Crippen molar-refractivity contribution in [2.24, 2.45) is 17.6 Å². The summed E-state index contributed by atoms with van der Waals surface area (Å²) in [7, 11) is 0. The molecule has 2 nitrogen and oxygen atoms in total. The van der Waals surface area contributed by atoms with Crippen LogP contribution in [0, 0.1) is 11.8 Å². The lowest BCUT2D eigenvalue weighted by Crippen LogP contribution is -2.57. The van der Waals surface area contributed by atoms with Crippen molar-refractivity contribution in [3.8, 4) is 0 Å². The minimum absolute atomic E-state index is 0.112. The van der Waals surface area contributed by atoms with Gasteiger partial charge in [-0.25, -0.2) is 0 Å². The van der Waals surface area contributed by atoms with Crippen LogP contribution in [0.15, 0.2) is 17.5 Å². The minimum atomic E-state index is 0.112. The Kier molecular flexibility index (Phi) is 7.38. The summed E-state index contributed by atoms with van der Waals surface area (Å²) in [5.41, 5.74) is 6.45. The molecule has 0 amide bonds. The van der Waals surface area contributed by atoms with Crippen molar-refractivity contribution in [3.05, 3.63) is 22.4 Å². The Morgan fingerprint density at radius 3 is 2.00 bits per heavy atom. The Morgan fingerprint density at radius 2 is 1.67 bits per heavy atom. The molecule has 0 fully saturated rings. The lowest BCUT2D eigenvalue weighted by atomic mass is 9.79. The molecule has 1 heterocycles. The molecule has 0 unspecified atom stereocenters. The molecular weight excluding hydrogens is 276 g/mol. The molecule has 0 atom stereocenters. The minimum Gasteiger partial charge on any atom is -0.329 e. The van der Waals surface area contributed by atoms with E-state index in [1.165, 1.54) is 17.7 Å². The quantitative estimate of drug-likeness (QED) is 0.713. The lowest BCUT2D eigenvalue weighted by Gasteiger charge is -2.48. The third-order valence-corrected chi connectivity index (χ3v) is 4.96. The zero-order valence-electron chi connectivity index (χ0n) is 14.7. The first kappa shape index (κ1) is 18.7. The van der Waals surface area contributed by atoms with Crippen molar-refractivity contribution in [1.29, 1.82) is 0 Å². The SMILES string of the molecule is CC(C)CC(CN)(CC(C)C)N(Cc1cccs1)C(C)C. The maximum Gasteiger partial charge on any atom is 0.0343 e. The highest BCUT2D eigenvalue weighted by atomic mass is 32.1. The van der Waals surface area contributed by atoms with E-state index < -0.39 is 0 Å². The fourth-order valence-electron chi connectivity index (χ4n) is 3.59. The second-order valence-corrected chi connectivity index (χ2v) is 8.46. The van der Waals surface area contributed by atoms with Gasteiger partial charge in [-0.15, -0.1) is 11.3 Å². The van der Waals surface area contributed by atoms with Gasteiger partial charge in [-0.3, -0.25) is 4.90 Å². The second-order valence-electron chi connectivity index (χ2n) is 7.43. The Balaban J connectivity index is 3.08. The van der Waals surface area contributed by atoms with Gasteiger partial charge in [0.2, 0.25) is 0 Å².